The van der Waals surface area contributed by atoms with E-state index in [9.17, 15) is 22.4 Å². The molecule has 1 aromatic heterocycles. The second kappa shape index (κ2) is 12.6. The summed E-state index contributed by atoms with van der Waals surface area (Å²) >= 11 is 12.4. The van der Waals surface area contributed by atoms with Crippen LogP contribution in [-0.4, -0.2) is 54.4 Å². The van der Waals surface area contributed by atoms with E-state index < -0.39 is 23.5 Å². The highest BCUT2D eigenvalue weighted by Gasteiger charge is 2.32. The first-order chi connectivity index (χ1) is 18.9. The molecule has 1 N–H and O–H groups in total. The Morgan fingerprint density at radius 2 is 1.73 bits per heavy atom. The number of H-pyrrole nitrogens is 1. The van der Waals surface area contributed by atoms with Gasteiger partial charge in [0.1, 0.15) is 5.82 Å². The standard InChI is InChI=1S/C30H29Cl2F4N3O/c1-38(11-9-20-17-37-28-6-4-3-5-25(20)28)12-10-21(19-7-8-26(31)27(32)15-19)18-39(2)29(40)22-13-23(30(34,35)36)16-24(33)14-22/h3-8,13-17,21,37H,9-12,18H2,1-2H3. The van der Waals surface area contributed by atoms with Crippen LogP contribution in [0.3, 0.4) is 0 Å². The van der Waals surface area contributed by atoms with Crippen LogP contribution in [0, 0.1) is 5.82 Å². The van der Waals surface area contributed by atoms with Crippen LogP contribution in [0.15, 0.2) is 66.9 Å². The molecule has 0 saturated carbocycles. The van der Waals surface area contributed by atoms with Gasteiger partial charge in [0.15, 0.2) is 0 Å². The molecule has 0 radical (unpaired) electrons. The van der Waals surface area contributed by atoms with Gasteiger partial charge in [-0.25, -0.2) is 4.39 Å². The van der Waals surface area contributed by atoms with Crippen molar-refractivity contribution in [1.82, 2.24) is 14.8 Å². The van der Waals surface area contributed by atoms with Gasteiger partial charge >= 0.3 is 6.18 Å². The van der Waals surface area contributed by atoms with Crippen LogP contribution >= 0.6 is 23.2 Å². The van der Waals surface area contributed by atoms with Crippen molar-refractivity contribution in [2.45, 2.75) is 24.9 Å². The number of rotatable bonds is 10. The number of halogens is 6. The first-order valence-corrected chi connectivity index (χ1v) is 13.5. The molecule has 0 spiro atoms. The van der Waals surface area contributed by atoms with Crippen molar-refractivity contribution in [3.8, 4) is 0 Å². The van der Waals surface area contributed by atoms with E-state index >= 15 is 0 Å². The van der Waals surface area contributed by atoms with Crippen molar-refractivity contribution in [3.05, 3.63) is 105 Å². The number of aromatic nitrogens is 1. The van der Waals surface area contributed by atoms with E-state index in [0.29, 0.717) is 35.1 Å². The highest BCUT2D eigenvalue weighted by molar-refractivity contribution is 6.42. The number of carbonyl (C=O) groups excluding carboxylic acids is 1. The minimum atomic E-state index is -4.77. The zero-order chi connectivity index (χ0) is 29.0. The number of nitrogens with one attached hydrogen (secondary N) is 1. The molecule has 0 aliphatic heterocycles. The van der Waals surface area contributed by atoms with Gasteiger partial charge in [0.25, 0.3) is 5.91 Å². The molecular formula is C30H29Cl2F4N3O. The molecule has 1 atom stereocenters. The fourth-order valence-corrected chi connectivity index (χ4v) is 5.08. The van der Waals surface area contributed by atoms with E-state index in [4.69, 9.17) is 23.2 Å². The van der Waals surface area contributed by atoms with Crippen LogP contribution in [-0.2, 0) is 12.6 Å². The maximum atomic E-state index is 14.0. The van der Waals surface area contributed by atoms with E-state index in [2.05, 4.69) is 16.0 Å². The highest BCUT2D eigenvalue weighted by Crippen LogP contribution is 2.32. The Labute approximate surface area is 240 Å². The number of likely N-dealkylation sites (N-methyl/N-ethyl adjacent to an activating group) is 2. The summed E-state index contributed by atoms with van der Waals surface area (Å²) in [5.41, 5.74) is 1.59. The van der Waals surface area contributed by atoms with Gasteiger partial charge in [0.05, 0.1) is 15.6 Å². The molecule has 10 heteroatoms. The number of para-hydroxylation sites is 1. The number of hydrogen-bond acceptors (Lipinski definition) is 2. The summed E-state index contributed by atoms with van der Waals surface area (Å²) in [6.07, 6.45) is -1.27. The minimum absolute atomic E-state index is 0.185. The zero-order valence-corrected chi connectivity index (χ0v) is 23.5. The van der Waals surface area contributed by atoms with Crippen LogP contribution in [0.5, 0.6) is 0 Å². The molecule has 4 aromatic rings. The average Bonchev–Trinajstić information content (AvgIpc) is 3.33. The van der Waals surface area contributed by atoms with Crippen molar-refractivity contribution in [2.24, 2.45) is 0 Å². The summed E-state index contributed by atoms with van der Waals surface area (Å²) in [4.78, 5) is 19.9. The second-order valence-electron chi connectivity index (χ2n) is 9.98. The maximum absolute atomic E-state index is 14.0. The second-order valence-corrected chi connectivity index (χ2v) is 10.8. The number of amides is 1. The molecule has 4 nitrogen and oxygen atoms in total. The van der Waals surface area contributed by atoms with Gasteiger partial charge in [-0.15, -0.1) is 0 Å². The fourth-order valence-electron chi connectivity index (χ4n) is 4.78. The summed E-state index contributed by atoms with van der Waals surface area (Å²) in [6, 6.07) is 15.2. The van der Waals surface area contributed by atoms with Gasteiger partial charge in [0, 0.05) is 48.7 Å². The predicted octanol–water partition coefficient (Wildman–Crippen LogP) is 8.05. The molecule has 212 valence electrons. The lowest BCUT2D eigenvalue weighted by Gasteiger charge is -2.27. The zero-order valence-electron chi connectivity index (χ0n) is 22.0. The lowest BCUT2D eigenvalue weighted by molar-refractivity contribution is -0.137. The van der Waals surface area contributed by atoms with E-state index in [0.717, 1.165) is 30.1 Å². The Kier molecular flexibility index (Phi) is 9.44. The topological polar surface area (TPSA) is 39.3 Å². The largest absolute Gasteiger partial charge is 0.416 e. The van der Waals surface area contributed by atoms with Crippen LogP contribution in [0.1, 0.15) is 39.4 Å². The van der Waals surface area contributed by atoms with Crippen molar-refractivity contribution >= 4 is 40.0 Å². The first-order valence-electron chi connectivity index (χ1n) is 12.7. The summed E-state index contributed by atoms with van der Waals surface area (Å²) in [6.45, 7) is 1.67. The van der Waals surface area contributed by atoms with Gasteiger partial charge in [-0.1, -0.05) is 47.5 Å². The number of benzene rings is 3. The van der Waals surface area contributed by atoms with E-state index in [-0.39, 0.29) is 18.0 Å². The third-order valence-electron chi connectivity index (χ3n) is 7.03. The van der Waals surface area contributed by atoms with Gasteiger partial charge in [0.2, 0.25) is 0 Å². The summed E-state index contributed by atoms with van der Waals surface area (Å²) in [7, 11) is 3.51. The molecule has 4 rings (SSSR count). The third-order valence-corrected chi connectivity index (χ3v) is 7.76. The fraction of sp³-hybridized carbons (Fsp3) is 0.300. The van der Waals surface area contributed by atoms with Crippen molar-refractivity contribution < 1.29 is 22.4 Å². The molecule has 0 aliphatic rings. The Hall–Kier alpha value is -3.07. The molecule has 1 heterocycles. The molecule has 0 bridgehead atoms. The Morgan fingerprint density at radius 3 is 2.45 bits per heavy atom. The quantitative estimate of drug-likeness (QED) is 0.189. The summed E-state index contributed by atoms with van der Waals surface area (Å²) in [5, 5.41) is 1.95. The average molecular weight is 594 g/mol. The number of fused-ring (bicyclic) bond motifs is 1. The normalized spacial score (nSPS) is 12.7. The van der Waals surface area contributed by atoms with E-state index in [1.807, 2.05) is 37.5 Å². The third kappa shape index (κ3) is 7.36. The smallest absolute Gasteiger partial charge is 0.361 e. The lowest BCUT2D eigenvalue weighted by Crippen LogP contribution is -2.33. The number of carbonyl (C=O) groups is 1. The number of alkyl halides is 3. The summed E-state index contributed by atoms with van der Waals surface area (Å²) < 4.78 is 53.6. The van der Waals surface area contributed by atoms with Crippen molar-refractivity contribution in [3.63, 3.8) is 0 Å². The van der Waals surface area contributed by atoms with Gasteiger partial charge in [-0.2, -0.15) is 13.2 Å². The molecule has 40 heavy (non-hydrogen) atoms. The first kappa shape index (κ1) is 29.9. The molecule has 0 fully saturated rings. The van der Waals surface area contributed by atoms with E-state index in [1.54, 1.807) is 12.1 Å². The SMILES string of the molecule is CN(CCc1c[nH]c2ccccc12)CCC(CN(C)C(=O)c1cc(F)cc(C(F)(F)F)c1)c1ccc(Cl)c(Cl)c1. The van der Waals surface area contributed by atoms with Crippen LogP contribution in [0.4, 0.5) is 17.6 Å². The Morgan fingerprint density at radius 1 is 0.975 bits per heavy atom. The van der Waals surface area contributed by atoms with Crippen LogP contribution in [0.25, 0.3) is 10.9 Å². The van der Waals surface area contributed by atoms with Gasteiger partial charge in [-0.05, 0) is 74.0 Å². The monoisotopic (exact) mass is 593 g/mol. The summed E-state index contributed by atoms with van der Waals surface area (Å²) in [5.74, 6) is -2.03. The maximum Gasteiger partial charge on any atom is 0.416 e. The Bertz CT molecular complexity index is 1490. The van der Waals surface area contributed by atoms with E-state index in [1.165, 1.54) is 22.9 Å². The Balaban J connectivity index is 1.46. The number of hydrogen-bond donors (Lipinski definition) is 1. The predicted molar refractivity (Wildman–Crippen MR) is 152 cm³/mol. The van der Waals surface area contributed by atoms with Crippen LogP contribution in [0.2, 0.25) is 10.0 Å². The number of aromatic amines is 1. The molecular weight excluding hydrogens is 565 g/mol. The van der Waals surface area contributed by atoms with Crippen LogP contribution < -0.4 is 0 Å². The van der Waals surface area contributed by atoms with Gasteiger partial charge in [-0.3, -0.25) is 4.79 Å². The molecule has 0 aliphatic carbocycles. The highest BCUT2D eigenvalue weighted by atomic mass is 35.5. The molecule has 1 amide bonds. The molecule has 0 saturated heterocycles. The van der Waals surface area contributed by atoms with Crippen molar-refractivity contribution in [2.75, 3.05) is 33.7 Å². The van der Waals surface area contributed by atoms with Crippen molar-refractivity contribution in [1.29, 1.82) is 0 Å². The molecule has 1 unspecified atom stereocenters. The number of nitrogens with zero attached hydrogens (tertiary/aromatic N) is 2. The minimum Gasteiger partial charge on any atom is -0.361 e. The van der Waals surface area contributed by atoms with Gasteiger partial charge < -0.3 is 14.8 Å². The lowest BCUT2D eigenvalue weighted by atomic mass is 9.94. The molecule has 3 aromatic carbocycles.